The van der Waals surface area contributed by atoms with Crippen LogP contribution in [-0.2, 0) is 4.79 Å². The van der Waals surface area contributed by atoms with Gasteiger partial charge in [0.25, 0.3) is 0 Å². The molecule has 0 spiro atoms. The van der Waals surface area contributed by atoms with E-state index in [1.54, 1.807) is 42.4 Å². The molecule has 0 saturated carbocycles. The first-order chi connectivity index (χ1) is 8.77. The highest BCUT2D eigenvalue weighted by Gasteiger charge is 2.26. The van der Waals surface area contributed by atoms with Crippen molar-refractivity contribution in [2.24, 2.45) is 5.92 Å². The fourth-order valence-corrected chi connectivity index (χ4v) is 1.81. The second-order valence-electron chi connectivity index (χ2n) is 3.80. The molecule has 0 amide bonds. The first-order valence-electron chi connectivity index (χ1n) is 5.40. The maximum absolute atomic E-state index is 12.2. The summed E-state index contributed by atoms with van der Waals surface area (Å²) in [5.74, 6) is 0.636. The maximum Gasteiger partial charge on any atom is 0.190 e. The Bertz CT molecular complexity index is 626. The van der Waals surface area contributed by atoms with Gasteiger partial charge in [-0.05, 0) is 6.08 Å². The molecule has 1 aliphatic carbocycles. The Labute approximate surface area is 104 Å². The molecular formula is C15H9NO2. The fraction of sp³-hybridized carbons (Fsp3) is 0.0667. The summed E-state index contributed by atoms with van der Waals surface area (Å²) >= 11 is 0. The van der Waals surface area contributed by atoms with Crippen molar-refractivity contribution in [3.05, 3.63) is 65.3 Å². The lowest BCUT2D eigenvalue weighted by atomic mass is 9.84. The Morgan fingerprint density at radius 2 is 1.94 bits per heavy atom. The number of Topliss-reactive ketones (excluding diaryl/α,β-unsaturated/α-hetero) is 1. The van der Waals surface area contributed by atoms with E-state index in [1.165, 1.54) is 6.08 Å². The van der Waals surface area contributed by atoms with Gasteiger partial charge in [0, 0.05) is 11.1 Å². The second kappa shape index (κ2) is 5.09. The Morgan fingerprint density at radius 3 is 2.56 bits per heavy atom. The summed E-state index contributed by atoms with van der Waals surface area (Å²) in [6.07, 6.45) is 4.66. The predicted molar refractivity (Wildman–Crippen MR) is 66.3 cm³/mol. The van der Waals surface area contributed by atoms with Crippen molar-refractivity contribution >= 4 is 11.7 Å². The third kappa shape index (κ3) is 2.06. The third-order valence-electron chi connectivity index (χ3n) is 2.72. The van der Waals surface area contributed by atoms with Crippen molar-refractivity contribution in [1.29, 1.82) is 5.26 Å². The highest BCUT2D eigenvalue weighted by molar-refractivity contribution is 6.10. The van der Waals surface area contributed by atoms with Gasteiger partial charge in [-0.25, -0.2) is 4.79 Å². The van der Waals surface area contributed by atoms with Crippen molar-refractivity contribution in [1.82, 2.24) is 0 Å². The molecule has 0 aromatic heterocycles. The van der Waals surface area contributed by atoms with Crippen LogP contribution in [0, 0.1) is 17.2 Å². The van der Waals surface area contributed by atoms with Crippen molar-refractivity contribution in [3.8, 4) is 6.07 Å². The third-order valence-corrected chi connectivity index (χ3v) is 2.72. The van der Waals surface area contributed by atoms with Crippen molar-refractivity contribution in [3.63, 3.8) is 0 Å². The monoisotopic (exact) mass is 235 g/mol. The average molecular weight is 235 g/mol. The van der Waals surface area contributed by atoms with E-state index in [4.69, 9.17) is 5.26 Å². The SMILES string of the molecule is N#CC1C(=C=O)C=CC=C1C(=O)c1ccccc1. The molecule has 0 aliphatic heterocycles. The van der Waals surface area contributed by atoms with Crippen LogP contribution in [0.5, 0.6) is 0 Å². The minimum atomic E-state index is -0.833. The molecule has 1 unspecified atom stereocenters. The van der Waals surface area contributed by atoms with Crippen molar-refractivity contribution in [2.45, 2.75) is 0 Å². The number of hydrogen-bond acceptors (Lipinski definition) is 3. The topological polar surface area (TPSA) is 57.9 Å². The molecule has 1 atom stereocenters. The molecule has 18 heavy (non-hydrogen) atoms. The van der Waals surface area contributed by atoms with Crippen molar-refractivity contribution < 1.29 is 9.59 Å². The van der Waals surface area contributed by atoms with Crippen LogP contribution in [0.2, 0.25) is 0 Å². The Morgan fingerprint density at radius 1 is 1.22 bits per heavy atom. The van der Waals surface area contributed by atoms with Crippen LogP contribution in [0.1, 0.15) is 10.4 Å². The standard InChI is InChI=1S/C15H9NO2/c16-9-14-12(10-17)7-4-8-13(14)15(18)11-5-2-1-3-6-11/h1-8,14H. The molecule has 1 aromatic carbocycles. The average Bonchev–Trinajstić information content (AvgIpc) is 2.46. The summed E-state index contributed by atoms with van der Waals surface area (Å²) in [6, 6.07) is 10.6. The lowest BCUT2D eigenvalue weighted by Gasteiger charge is -2.14. The molecule has 0 radical (unpaired) electrons. The van der Waals surface area contributed by atoms with Crippen LogP contribution in [0.25, 0.3) is 0 Å². The molecule has 0 bridgehead atoms. The molecule has 0 saturated heterocycles. The van der Waals surface area contributed by atoms with E-state index in [0.717, 1.165) is 0 Å². The van der Waals surface area contributed by atoms with Gasteiger partial charge in [-0.3, -0.25) is 4.79 Å². The van der Waals surface area contributed by atoms with Crippen LogP contribution in [0.4, 0.5) is 0 Å². The van der Waals surface area contributed by atoms with Crippen LogP contribution >= 0.6 is 0 Å². The van der Waals surface area contributed by atoms with Crippen LogP contribution in [0.15, 0.2) is 59.7 Å². The van der Waals surface area contributed by atoms with Gasteiger partial charge < -0.3 is 0 Å². The van der Waals surface area contributed by atoms with Gasteiger partial charge in [-0.1, -0.05) is 42.5 Å². The predicted octanol–water partition coefficient (Wildman–Crippen LogP) is 2.26. The number of ketones is 1. The van der Waals surface area contributed by atoms with Crippen LogP contribution in [0.3, 0.4) is 0 Å². The van der Waals surface area contributed by atoms with E-state index in [0.29, 0.717) is 11.1 Å². The van der Waals surface area contributed by atoms with Gasteiger partial charge in [0.05, 0.1) is 11.6 Å². The van der Waals surface area contributed by atoms with E-state index in [9.17, 15) is 9.59 Å². The minimum absolute atomic E-state index is 0.194. The summed E-state index contributed by atoms with van der Waals surface area (Å²) in [7, 11) is 0. The Balaban J connectivity index is 2.43. The maximum atomic E-state index is 12.2. The second-order valence-corrected chi connectivity index (χ2v) is 3.80. The fourth-order valence-electron chi connectivity index (χ4n) is 1.81. The van der Waals surface area contributed by atoms with Gasteiger partial charge in [-0.15, -0.1) is 0 Å². The molecule has 0 N–H and O–H groups in total. The lowest BCUT2D eigenvalue weighted by Crippen LogP contribution is -2.16. The van der Waals surface area contributed by atoms with E-state index < -0.39 is 5.92 Å². The Kier molecular flexibility index (Phi) is 3.33. The first-order valence-corrected chi connectivity index (χ1v) is 5.40. The molecule has 2 rings (SSSR count). The summed E-state index contributed by atoms with van der Waals surface area (Å²) in [5.41, 5.74) is 1.01. The number of nitrogens with zero attached hydrogens (tertiary/aromatic N) is 1. The molecule has 1 aliphatic rings. The van der Waals surface area contributed by atoms with E-state index >= 15 is 0 Å². The molecule has 1 aromatic rings. The summed E-state index contributed by atoms with van der Waals surface area (Å²) in [5, 5.41) is 9.08. The highest BCUT2D eigenvalue weighted by atomic mass is 16.1. The molecule has 3 nitrogen and oxygen atoms in total. The highest BCUT2D eigenvalue weighted by Crippen LogP contribution is 2.26. The zero-order valence-corrected chi connectivity index (χ0v) is 9.46. The summed E-state index contributed by atoms with van der Waals surface area (Å²) in [6.45, 7) is 0. The molecular weight excluding hydrogens is 226 g/mol. The molecule has 86 valence electrons. The van der Waals surface area contributed by atoms with Gasteiger partial charge in [0.1, 0.15) is 11.9 Å². The van der Waals surface area contributed by atoms with Gasteiger partial charge >= 0.3 is 0 Å². The zero-order valence-electron chi connectivity index (χ0n) is 9.46. The summed E-state index contributed by atoms with van der Waals surface area (Å²) in [4.78, 5) is 23.0. The number of carbonyl (C=O) groups is 1. The molecule has 0 heterocycles. The van der Waals surface area contributed by atoms with E-state index in [-0.39, 0.29) is 11.4 Å². The zero-order chi connectivity index (χ0) is 13.0. The van der Waals surface area contributed by atoms with Gasteiger partial charge in [0.2, 0.25) is 0 Å². The number of carbonyl (C=O) groups excluding carboxylic acids is 2. The molecule has 3 heteroatoms. The van der Waals surface area contributed by atoms with Crippen LogP contribution in [-0.4, -0.2) is 11.7 Å². The Hall–Kier alpha value is -2.69. The van der Waals surface area contributed by atoms with E-state index in [1.807, 2.05) is 12.1 Å². The van der Waals surface area contributed by atoms with Crippen LogP contribution < -0.4 is 0 Å². The molecule has 0 fully saturated rings. The van der Waals surface area contributed by atoms with Gasteiger partial charge in [0.15, 0.2) is 5.78 Å². The number of rotatable bonds is 2. The quantitative estimate of drug-likeness (QED) is 0.583. The number of nitriles is 1. The van der Waals surface area contributed by atoms with Crippen molar-refractivity contribution in [2.75, 3.05) is 0 Å². The normalized spacial score (nSPS) is 17.6. The largest absolute Gasteiger partial charge is 0.289 e. The minimum Gasteiger partial charge on any atom is -0.289 e. The van der Waals surface area contributed by atoms with E-state index in [2.05, 4.69) is 0 Å². The lowest BCUT2D eigenvalue weighted by molar-refractivity contribution is 0.102. The first kappa shape index (κ1) is 11.8. The number of benzene rings is 1. The van der Waals surface area contributed by atoms with Gasteiger partial charge in [-0.2, -0.15) is 5.26 Å². The smallest absolute Gasteiger partial charge is 0.190 e. The summed E-state index contributed by atoms with van der Waals surface area (Å²) < 4.78 is 0. The number of hydrogen-bond donors (Lipinski definition) is 0. The number of allylic oxidation sites excluding steroid dienone is 5.